The minimum Gasteiger partial charge on any atom is -0.380 e. The molecular formula is C12H23N3OS. The molecule has 0 aliphatic carbocycles. The maximum Gasteiger partial charge on any atom is 0.185 e. The van der Waals surface area contributed by atoms with Crippen LogP contribution in [-0.2, 0) is 11.3 Å². The summed E-state index contributed by atoms with van der Waals surface area (Å²) in [7, 11) is 1.96. The van der Waals surface area contributed by atoms with Gasteiger partial charge in [0.15, 0.2) is 5.13 Å². The normalized spacial score (nSPS) is 10.8. The van der Waals surface area contributed by atoms with E-state index in [9.17, 15) is 0 Å². The van der Waals surface area contributed by atoms with Crippen molar-refractivity contribution in [2.45, 2.75) is 27.3 Å². The number of hydrogen-bond acceptors (Lipinski definition) is 5. The van der Waals surface area contributed by atoms with E-state index < -0.39 is 0 Å². The Morgan fingerprint density at radius 2 is 2.18 bits per heavy atom. The Hall–Kier alpha value is -0.650. The maximum absolute atomic E-state index is 5.39. The number of rotatable bonds is 8. The molecule has 1 aromatic heterocycles. The molecule has 1 aromatic rings. The van der Waals surface area contributed by atoms with Gasteiger partial charge in [-0.25, -0.2) is 4.98 Å². The third-order valence-corrected chi connectivity index (χ3v) is 3.80. The molecule has 0 aliphatic rings. The molecule has 0 saturated heterocycles. The lowest BCUT2D eigenvalue weighted by atomic mass is 10.4. The number of hydrogen-bond donors (Lipinski definition) is 1. The number of aromatic nitrogens is 1. The zero-order valence-corrected chi connectivity index (χ0v) is 12.1. The van der Waals surface area contributed by atoms with E-state index >= 15 is 0 Å². The van der Waals surface area contributed by atoms with E-state index in [2.05, 4.69) is 29.0 Å². The monoisotopic (exact) mass is 257 g/mol. The molecule has 0 atom stereocenters. The summed E-state index contributed by atoms with van der Waals surface area (Å²) >= 11 is 1.77. The van der Waals surface area contributed by atoms with Crippen molar-refractivity contribution >= 4 is 16.5 Å². The van der Waals surface area contributed by atoms with Crippen LogP contribution in [0.2, 0.25) is 0 Å². The molecule has 98 valence electrons. The summed E-state index contributed by atoms with van der Waals surface area (Å²) in [6, 6.07) is 0. The van der Waals surface area contributed by atoms with Gasteiger partial charge in [-0.15, -0.1) is 11.3 Å². The Balaban J connectivity index is 2.64. The first-order valence-corrected chi connectivity index (χ1v) is 6.98. The van der Waals surface area contributed by atoms with E-state index in [0.717, 1.165) is 43.7 Å². The SMILES string of the molecule is CCOCCN(CC)c1nc(C)c(CNC)s1. The molecule has 0 radical (unpaired) electrons. The van der Waals surface area contributed by atoms with E-state index in [1.807, 2.05) is 14.0 Å². The number of nitrogens with one attached hydrogen (secondary N) is 1. The van der Waals surface area contributed by atoms with Crippen LogP contribution in [0, 0.1) is 6.92 Å². The third-order valence-electron chi connectivity index (χ3n) is 2.58. The van der Waals surface area contributed by atoms with E-state index in [1.54, 1.807) is 11.3 Å². The number of ether oxygens (including phenoxy) is 1. The minimum absolute atomic E-state index is 0.768. The Labute approximate surface area is 108 Å². The smallest absolute Gasteiger partial charge is 0.185 e. The first kappa shape index (κ1) is 14.4. The second kappa shape index (κ2) is 7.63. The van der Waals surface area contributed by atoms with E-state index in [4.69, 9.17) is 4.74 Å². The van der Waals surface area contributed by atoms with Crippen molar-refractivity contribution in [1.29, 1.82) is 0 Å². The quantitative estimate of drug-likeness (QED) is 0.723. The first-order valence-electron chi connectivity index (χ1n) is 6.16. The highest BCUT2D eigenvalue weighted by atomic mass is 32.1. The standard InChI is InChI=1S/C12H23N3OS/c1-5-15(7-8-16-6-2)12-14-10(3)11(17-12)9-13-4/h13H,5-9H2,1-4H3. The summed E-state index contributed by atoms with van der Waals surface area (Å²) in [5.41, 5.74) is 1.13. The lowest BCUT2D eigenvalue weighted by Gasteiger charge is -2.19. The van der Waals surface area contributed by atoms with Crippen LogP contribution in [0.25, 0.3) is 0 Å². The average molecular weight is 257 g/mol. The van der Waals surface area contributed by atoms with Gasteiger partial charge in [0.1, 0.15) is 0 Å². The van der Waals surface area contributed by atoms with Gasteiger partial charge in [0, 0.05) is 31.1 Å². The molecular weight excluding hydrogens is 234 g/mol. The Morgan fingerprint density at radius 3 is 2.76 bits per heavy atom. The molecule has 0 amide bonds. The van der Waals surface area contributed by atoms with Crippen LogP contribution < -0.4 is 10.2 Å². The van der Waals surface area contributed by atoms with Crippen LogP contribution >= 0.6 is 11.3 Å². The second-order valence-corrected chi connectivity index (χ2v) is 4.87. The van der Waals surface area contributed by atoms with Crippen molar-refractivity contribution in [1.82, 2.24) is 10.3 Å². The summed E-state index contributed by atoms with van der Waals surface area (Å²) in [5, 5.41) is 4.28. The van der Waals surface area contributed by atoms with Crippen molar-refractivity contribution < 1.29 is 4.74 Å². The van der Waals surface area contributed by atoms with Gasteiger partial charge in [0.25, 0.3) is 0 Å². The molecule has 17 heavy (non-hydrogen) atoms. The van der Waals surface area contributed by atoms with Gasteiger partial charge in [0.2, 0.25) is 0 Å². The van der Waals surface area contributed by atoms with Crippen LogP contribution in [0.3, 0.4) is 0 Å². The van der Waals surface area contributed by atoms with Gasteiger partial charge in [-0.1, -0.05) is 0 Å². The largest absolute Gasteiger partial charge is 0.380 e. The Bertz CT molecular complexity index is 328. The van der Waals surface area contributed by atoms with Crippen LogP contribution in [0.15, 0.2) is 0 Å². The number of anilines is 1. The van der Waals surface area contributed by atoms with Crippen molar-refractivity contribution in [2.75, 3.05) is 38.3 Å². The van der Waals surface area contributed by atoms with Gasteiger partial charge in [-0.3, -0.25) is 0 Å². The molecule has 1 N–H and O–H groups in total. The molecule has 0 aliphatic heterocycles. The van der Waals surface area contributed by atoms with Crippen molar-refractivity contribution in [3.8, 4) is 0 Å². The van der Waals surface area contributed by atoms with Crippen molar-refractivity contribution in [3.05, 3.63) is 10.6 Å². The van der Waals surface area contributed by atoms with Gasteiger partial charge < -0.3 is 15.0 Å². The van der Waals surface area contributed by atoms with E-state index in [-0.39, 0.29) is 0 Å². The minimum atomic E-state index is 0.768. The van der Waals surface area contributed by atoms with Crippen LogP contribution in [0.4, 0.5) is 5.13 Å². The van der Waals surface area contributed by atoms with E-state index in [1.165, 1.54) is 4.88 Å². The summed E-state index contributed by atoms with van der Waals surface area (Å²) < 4.78 is 5.39. The summed E-state index contributed by atoms with van der Waals surface area (Å²) in [4.78, 5) is 8.22. The lowest BCUT2D eigenvalue weighted by Crippen LogP contribution is -2.27. The third kappa shape index (κ3) is 4.26. The van der Waals surface area contributed by atoms with E-state index in [0.29, 0.717) is 0 Å². The zero-order chi connectivity index (χ0) is 12.7. The topological polar surface area (TPSA) is 37.4 Å². The van der Waals surface area contributed by atoms with Crippen molar-refractivity contribution in [2.24, 2.45) is 0 Å². The molecule has 0 saturated carbocycles. The van der Waals surface area contributed by atoms with Gasteiger partial charge in [-0.2, -0.15) is 0 Å². The number of likely N-dealkylation sites (N-methyl/N-ethyl adjacent to an activating group) is 1. The highest BCUT2D eigenvalue weighted by Crippen LogP contribution is 2.25. The number of aryl methyl sites for hydroxylation is 1. The molecule has 0 fully saturated rings. The van der Waals surface area contributed by atoms with Gasteiger partial charge >= 0.3 is 0 Å². The molecule has 0 unspecified atom stereocenters. The molecule has 0 aromatic carbocycles. The molecule has 1 heterocycles. The number of nitrogens with zero attached hydrogens (tertiary/aromatic N) is 2. The summed E-state index contributed by atoms with van der Waals surface area (Å²) in [5.74, 6) is 0. The second-order valence-electron chi connectivity index (χ2n) is 3.81. The van der Waals surface area contributed by atoms with Gasteiger partial charge in [0.05, 0.1) is 12.3 Å². The van der Waals surface area contributed by atoms with Crippen LogP contribution in [-0.4, -0.2) is 38.3 Å². The van der Waals surface area contributed by atoms with Crippen molar-refractivity contribution in [3.63, 3.8) is 0 Å². The molecule has 5 heteroatoms. The van der Waals surface area contributed by atoms with Gasteiger partial charge in [-0.05, 0) is 27.8 Å². The van der Waals surface area contributed by atoms with Crippen LogP contribution in [0.1, 0.15) is 24.4 Å². The average Bonchev–Trinajstić information content (AvgIpc) is 2.67. The first-order chi connectivity index (χ1) is 8.22. The lowest BCUT2D eigenvalue weighted by molar-refractivity contribution is 0.154. The zero-order valence-electron chi connectivity index (χ0n) is 11.2. The fraction of sp³-hybridized carbons (Fsp3) is 0.750. The van der Waals surface area contributed by atoms with Crippen LogP contribution in [0.5, 0.6) is 0 Å². The highest BCUT2D eigenvalue weighted by molar-refractivity contribution is 7.15. The Kier molecular flexibility index (Phi) is 6.47. The summed E-state index contributed by atoms with van der Waals surface area (Å²) in [6.45, 7) is 10.6. The molecule has 4 nitrogen and oxygen atoms in total. The fourth-order valence-corrected chi connectivity index (χ4v) is 2.74. The Morgan fingerprint density at radius 1 is 1.41 bits per heavy atom. The predicted octanol–water partition coefficient (Wildman–Crippen LogP) is 2.03. The highest BCUT2D eigenvalue weighted by Gasteiger charge is 2.12. The predicted molar refractivity (Wildman–Crippen MR) is 74.0 cm³/mol. The molecule has 0 bridgehead atoms. The molecule has 1 rings (SSSR count). The number of thiazole rings is 1. The molecule has 0 spiro atoms. The summed E-state index contributed by atoms with van der Waals surface area (Å²) in [6.07, 6.45) is 0. The fourth-order valence-electron chi connectivity index (χ4n) is 1.58. The maximum atomic E-state index is 5.39.